The van der Waals surface area contributed by atoms with Gasteiger partial charge in [0, 0.05) is 23.3 Å². The summed E-state index contributed by atoms with van der Waals surface area (Å²) in [5, 5.41) is 5.20. The van der Waals surface area contributed by atoms with Crippen molar-refractivity contribution in [2.75, 3.05) is 12.9 Å². The van der Waals surface area contributed by atoms with Crippen molar-refractivity contribution < 1.29 is 9.53 Å². The zero-order valence-electron chi connectivity index (χ0n) is 11.0. The van der Waals surface area contributed by atoms with Gasteiger partial charge >= 0.3 is 0 Å². The van der Waals surface area contributed by atoms with Gasteiger partial charge in [0.05, 0.1) is 18.6 Å². The van der Waals surface area contributed by atoms with Crippen LogP contribution in [0.15, 0.2) is 6.20 Å². The number of hydrogen-bond donors (Lipinski definition) is 0. The Morgan fingerprint density at radius 2 is 2.22 bits per heavy atom. The number of methoxy groups -OCH3 is 1. The summed E-state index contributed by atoms with van der Waals surface area (Å²) in [7, 11) is 3.35. The highest BCUT2D eigenvalue weighted by Gasteiger charge is 2.33. The fourth-order valence-corrected chi connectivity index (χ4v) is 4.77. The quantitative estimate of drug-likeness (QED) is 0.797. The predicted octanol–water partition coefficient (Wildman–Crippen LogP) is 2.24. The second-order valence-electron chi connectivity index (χ2n) is 4.42. The number of hydrogen-bond acceptors (Lipinski definition) is 5. The molecule has 0 spiro atoms. The zero-order chi connectivity index (χ0) is 13.3. The molecule has 0 bridgehead atoms. The number of ether oxygens (including phenoxy) is 1. The highest BCUT2D eigenvalue weighted by atomic mass is 32.2. The average molecular weight is 286 g/mol. The maximum Gasteiger partial charge on any atom is 0.198 e. The highest BCUT2D eigenvalue weighted by molar-refractivity contribution is 8.08. The van der Waals surface area contributed by atoms with E-state index in [0.29, 0.717) is 21.9 Å². The van der Waals surface area contributed by atoms with Crippen molar-refractivity contribution in [1.82, 2.24) is 9.78 Å². The third-order valence-corrected chi connectivity index (χ3v) is 6.59. The molecular weight excluding hydrogens is 268 g/mol. The molecule has 0 N–H and O–H groups in total. The van der Waals surface area contributed by atoms with Crippen molar-refractivity contribution in [3.63, 3.8) is 0 Å². The summed E-state index contributed by atoms with van der Waals surface area (Å²) in [6.07, 6.45) is 1.60. The lowest BCUT2D eigenvalue weighted by Crippen LogP contribution is -2.32. The average Bonchev–Trinajstić information content (AvgIpc) is 2.73. The molecule has 3 unspecified atom stereocenters. The molecular formula is C12H18N2O2S2. The number of nitrogens with zero attached hydrogens (tertiary/aromatic N) is 2. The molecule has 1 fully saturated rings. The van der Waals surface area contributed by atoms with Gasteiger partial charge in [0.2, 0.25) is 0 Å². The summed E-state index contributed by atoms with van der Waals surface area (Å²) >= 11 is 3.63. The standard InChI is InChI=1S/C12H18N2O2S2/c1-7-8(2)18-10(6-17-7)12(15)11-9(16-4)5-13-14(11)3/h5,7-8,10H,6H2,1-4H3. The number of aryl methyl sites for hydroxylation is 1. The molecule has 4 nitrogen and oxygen atoms in total. The van der Waals surface area contributed by atoms with Gasteiger partial charge in [-0.05, 0) is 0 Å². The Morgan fingerprint density at radius 3 is 2.83 bits per heavy atom. The van der Waals surface area contributed by atoms with Crippen LogP contribution in [0.4, 0.5) is 0 Å². The van der Waals surface area contributed by atoms with Crippen LogP contribution in [0.5, 0.6) is 5.75 Å². The molecule has 100 valence electrons. The normalized spacial score (nSPS) is 28.1. The fraction of sp³-hybridized carbons (Fsp3) is 0.667. The lowest BCUT2D eigenvalue weighted by Gasteiger charge is -2.30. The number of thioether (sulfide) groups is 2. The van der Waals surface area contributed by atoms with E-state index in [1.165, 1.54) is 0 Å². The van der Waals surface area contributed by atoms with Gasteiger partial charge in [0.25, 0.3) is 0 Å². The van der Waals surface area contributed by atoms with Crippen LogP contribution in [0.2, 0.25) is 0 Å². The van der Waals surface area contributed by atoms with Gasteiger partial charge in [0.15, 0.2) is 11.5 Å². The largest absolute Gasteiger partial charge is 0.493 e. The second kappa shape index (κ2) is 5.57. The van der Waals surface area contributed by atoms with E-state index in [-0.39, 0.29) is 11.0 Å². The molecule has 6 heteroatoms. The summed E-state index contributed by atoms with van der Waals surface area (Å²) in [5.41, 5.74) is 0.581. The number of carbonyl (C=O) groups is 1. The SMILES string of the molecule is COc1cnn(C)c1C(=O)C1CSC(C)C(C)S1. The molecule has 18 heavy (non-hydrogen) atoms. The Hall–Kier alpha value is -0.620. The minimum Gasteiger partial charge on any atom is -0.493 e. The minimum absolute atomic E-state index is 0.00509. The summed E-state index contributed by atoms with van der Waals surface area (Å²) in [5.74, 6) is 1.56. The van der Waals surface area contributed by atoms with Gasteiger partial charge in [-0.25, -0.2) is 0 Å². The Balaban J connectivity index is 2.18. The van der Waals surface area contributed by atoms with Crippen molar-refractivity contribution in [3.8, 4) is 5.75 Å². The third-order valence-electron chi connectivity index (χ3n) is 3.20. The van der Waals surface area contributed by atoms with Crippen molar-refractivity contribution in [1.29, 1.82) is 0 Å². The van der Waals surface area contributed by atoms with Gasteiger partial charge in [-0.2, -0.15) is 16.9 Å². The van der Waals surface area contributed by atoms with Crippen molar-refractivity contribution in [2.45, 2.75) is 29.6 Å². The fourth-order valence-electron chi connectivity index (χ4n) is 1.92. The highest BCUT2D eigenvalue weighted by Crippen LogP contribution is 2.37. The van der Waals surface area contributed by atoms with Crippen molar-refractivity contribution in [2.24, 2.45) is 7.05 Å². The van der Waals surface area contributed by atoms with Crippen molar-refractivity contribution >= 4 is 29.3 Å². The number of ketones is 1. The van der Waals surface area contributed by atoms with E-state index in [0.717, 1.165) is 5.75 Å². The molecule has 0 radical (unpaired) electrons. The van der Waals surface area contributed by atoms with E-state index < -0.39 is 0 Å². The Morgan fingerprint density at radius 1 is 1.50 bits per heavy atom. The first-order valence-corrected chi connectivity index (χ1v) is 7.91. The topological polar surface area (TPSA) is 44.1 Å². The monoisotopic (exact) mass is 286 g/mol. The van der Waals surface area contributed by atoms with Crippen LogP contribution >= 0.6 is 23.5 Å². The maximum absolute atomic E-state index is 12.5. The van der Waals surface area contributed by atoms with Crippen LogP contribution in [0.25, 0.3) is 0 Å². The van der Waals surface area contributed by atoms with Gasteiger partial charge in [-0.1, -0.05) is 13.8 Å². The summed E-state index contributed by atoms with van der Waals surface area (Å²) in [6, 6.07) is 0. The van der Waals surface area contributed by atoms with Crippen LogP contribution in [0, 0.1) is 0 Å². The molecule has 1 aromatic heterocycles. The first kappa shape index (κ1) is 13.8. The molecule has 3 atom stereocenters. The molecule has 1 saturated heterocycles. The van der Waals surface area contributed by atoms with E-state index in [2.05, 4.69) is 18.9 Å². The van der Waals surface area contributed by atoms with Gasteiger partial charge in [0.1, 0.15) is 5.69 Å². The predicted molar refractivity (Wildman–Crippen MR) is 76.9 cm³/mol. The van der Waals surface area contributed by atoms with E-state index in [1.807, 2.05) is 11.8 Å². The van der Waals surface area contributed by atoms with Crippen molar-refractivity contribution in [3.05, 3.63) is 11.9 Å². The maximum atomic E-state index is 12.5. The summed E-state index contributed by atoms with van der Waals surface area (Å²) < 4.78 is 6.81. The molecule has 0 aliphatic carbocycles. The van der Waals surface area contributed by atoms with E-state index >= 15 is 0 Å². The molecule has 1 aliphatic heterocycles. The molecule has 0 saturated carbocycles. The first-order chi connectivity index (χ1) is 8.54. The molecule has 0 aromatic carbocycles. The Kier molecular flexibility index (Phi) is 4.27. The Labute approximate surface area is 116 Å². The first-order valence-electron chi connectivity index (χ1n) is 5.91. The molecule has 2 heterocycles. The van der Waals surface area contributed by atoms with E-state index in [1.54, 1.807) is 36.8 Å². The third kappa shape index (κ3) is 2.54. The molecule has 1 aliphatic rings. The number of Topliss-reactive ketones (excluding diaryl/α,β-unsaturated/α-hetero) is 1. The number of rotatable bonds is 3. The van der Waals surface area contributed by atoms with Gasteiger partial charge in [-0.3, -0.25) is 9.48 Å². The zero-order valence-corrected chi connectivity index (χ0v) is 12.7. The minimum atomic E-state index is 0.00509. The number of carbonyl (C=O) groups excluding carboxylic acids is 1. The lowest BCUT2D eigenvalue weighted by atomic mass is 10.2. The van der Waals surface area contributed by atoms with Crippen LogP contribution in [0.1, 0.15) is 24.3 Å². The van der Waals surface area contributed by atoms with Gasteiger partial charge < -0.3 is 4.74 Å². The smallest absolute Gasteiger partial charge is 0.198 e. The van der Waals surface area contributed by atoms with Crippen LogP contribution in [-0.2, 0) is 7.05 Å². The van der Waals surface area contributed by atoms with Crippen LogP contribution in [-0.4, -0.2) is 44.2 Å². The van der Waals surface area contributed by atoms with E-state index in [4.69, 9.17) is 4.74 Å². The van der Waals surface area contributed by atoms with E-state index in [9.17, 15) is 4.79 Å². The Bertz CT molecular complexity index is 447. The van der Waals surface area contributed by atoms with Gasteiger partial charge in [-0.15, -0.1) is 11.8 Å². The number of aromatic nitrogens is 2. The summed E-state index contributed by atoms with van der Waals surface area (Å²) in [6.45, 7) is 4.40. The molecule has 2 rings (SSSR count). The lowest BCUT2D eigenvalue weighted by molar-refractivity contribution is 0.0982. The molecule has 0 amide bonds. The second-order valence-corrected chi connectivity index (χ2v) is 7.41. The molecule has 1 aromatic rings. The van der Waals surface area contributed by atoms with Crippen LogP contribution < -0.4 is 4.74 Å². The van der Waals surface area contributed by atoms with Crippen LogP contribution in [0.3, 0.4) is 0 Å². The summed E-state index contributed by atoms with van der Waals surface area (Å²) in [4.78, 5) is 12.5.